The zero-order valence-corrected chi connectivity index (χ0v) is 11.2. The van der Waals surface area contributed by atoms with E-state index in [0.29, 0.717) is 5.92 Å². The molecule has 0 unspecified atom stereocenters. The van der Waals surface area contributed by atoms with E-state index in [1.54, 1.807) is 0 Å². The van der Waals surface area contributed by atoms with E-state index in [4.69, 9.17) is 11.6 Å². The lowest BCUT2D eigenvalue weighted by molar-refractivity contribution is 0.614. The maximum atomic E-state index is 5.88. The molecule has 1 heterocycles. The van der Waals surface area contributed by atoms with Crippen LogP contribution in [0.5, 0.6) is 0 Å². The van der Waals surface area contributed by atoms with Gasteiger partial charge in [0.05, 0.1) is 12.2 Å². The van der Waals surface area contributed by atoms with Gasteiger partial charge in [-0.3, -0.25) is 4.68 Å². The number of benzene rings is 1. The van der Waals surface area contributed by atoms with Gasteiger partial charge in [-0.15, -0.1) is 0 Å². The van der Waals surface area contributed by atoms with Gasteiger partial charge in [0.2, 0.25) is 0 Å². The van der Waals surface area contributed by atoms with Crippen LogP contribution in [0.1, 0.15) is 36.7 Å². The van der Waals surface area contributed by atoms with Crippen LogP contribution >= 0.6 is 11.6 Å². The van der Waals surface area contributed by atoms with Crippen molar-refractivity contribution in [3.05, 3.63) is 52.3 Å². The topological polar surface area (TPSA) is 17.8 Å². The Morgan fingerprint density at radius 3 is 2.47 bits per heavy atom. The predicted molar refractivity (Wildman–Crippen MR) is 71.6 cm³/mol. The van der Waals surface area contributed by atoms with Crippen LogP contribution in [0, 0.1) is 6.92 Å². The molecule has 0 radical (unpaired) electrons. The number of rotatable bonds is 3. The monoisotopic (exact) mass is 248 g/mol. The first-order chi connectivity index (χ1) is 8.06. The lowest BCUT2D eigenvalue weighted by Crippen LogP contribution is -2.07. The van der Waals surface area contributed by atoms with E-state index in [-0.39, 0.29) is 0 Å². The smallest absolute Gasteiger partial charge is 0.0662 e. The summed E-state index contributed by atoms with van der Waals surface area (Å²) < 4.78 is 2.07. The Morgan fingerprint density at radius 1 is 1.24 bits per heavy atom. The number of nitrogens with zero attached hydrogens (tertiary/aromatic N) is 2. The lowest BCUT2D eigenvalue weighted by Gasteiger charge is -2.10. The van der Waals surface area contributed by atoms with Crippen molar-refractivity contribution in [2.45, 2.75) is 33.2 Å². The van der Waals surface area contributed by atoms with Gasteiger partial charge in [-0.1, -0.05) is 37.6 Å². The molecular weight excluding hydrogens is 232 g/mol. The molecule has 2 nitrogen and oxygen atoms in total. The second-order valence-corrected chi connectivity index (χ2v) is 5.09. The average Bonchev–Trinajstić information content (AvgIpc) is 2.63. The fraction of sp³-hybridized carbons (Fsp3) is 0.357. The Morgan fingerprint density at radius 2 is 1.88 bits per heavy atom. The van der Waals surface area contributed by atoms with Crippen LogP contribution in [-0.4, -0.2) is 9.78 Å². The third-order valence-electron chi connectivity index (χ3n) is 2.77. The van der Waals surface area contributed by atoms with Crippen LogP contribution < -0.4 is 0 Å². The first-order valence-corrected chi connectivity index (χ1v) is 6.23. The Bertz CT molecular complexity index is 497. The van der Waals surface area contributed by atoms with E-state index in [9.17, 15) is 0 Å². The number of aryl methyl sites for hydroxylation is 1. The van der Waals surface area contributed by atoms with Gasteiger partial charge < -0.3 is 0 Å². The molecule has 90 valence electrons. The Balaban J connectivity index is 2.26. The molecule has 0 bridgehead atoms. The normalized spacial score (nSPS) is 11.1. The molecule has 0 spiro atoms. The minimum atomic E-state index is 0.489. The van der Waals surface area contributed by atoms with Crippen molar-refractivity contribution in [3.63, 3.8) is 0 Å². The molecule has 0 fully saturated rings. The summed E-state index contributed by atoms with van der Waals surface area (Å²) in [6.07, 6.45) is 0. The molecule has 0 N–H and O–H groups in total. The van der Waals surface area contributed by atoms with Crippen LogP contribution in [0.3, 0.4) is 0 Å². The first kappa shape index (κ1) is 12.2. The molecule has 0 aliphatic heterocycles. The van der Waals surface area contributed by atoms with Gasteiger partial charge in [-0.2, -0.15) is 5.10 Å². The molecule has 2 aromatic rings. The largest absolute Gasteiger partial charge is 0.265 e. The molecule has 0 atom stereocenters. The van der Waals surface area contributed by atoms with E-state index in [1.165, 1.54) is 11.3 Å². The maximum absolute atomic E-state index is 5.88. The van der Waals surface area contributed by atoms with Crippen molar-refractivity contribution in [1.82, 2.24) is 9.78 Å². The summed E-state index contributed by atoms with van der Waals surface area (Å²) >= 11 is 5.88. The van der Waals surface area contributed by atoms with Gasteiger partial charge in [0, 0.05) is 10.7 Å². The third-order valence-corrected chi connectivity index (χ3v) is 3.02. The molecule has 0 saturated heterocycles. The van der Waals surface area contributed by atoms with E-state index >= 15 is 0 Å². The molecular formula is C14H17ClN2. The van der Waals surface area contributed by atoms with E-state index in [2.05, 4.69) is 29.7 Å². The highest BCUT2D eigenvalue weighted by Crippen LogP contribution is 2.18. The molecule has 0 saturated carbocycles. The fourth-order valence-electron chi connectivity index (χ4n) is 1.92. The molecule has 17 heavy (non-hydrogen) atoms. The Hall–Kier alpha value is -1.28. The SMILES string of the molecule is Cc1cc(C(C)C)n(Cc2ccc(Cl)cc2)n1. The van der Waals surface area contributed by atoms with Crippen molar-refractivity contribution in [1.29, 1.82) is 0 Å². The van der Waals surface area contributed by atoms with Gasteiger partial charge in [0.1, 0.15) is 0 Å². The molecule has 1 aromatic carbocycles. The summed E-state index contributed by atoms with van der Waals surface area (Å²) in [4.78, 5) is 0. The van der Waals surface area contributed by atoms with Crippen LogP contribution in [-0.2, 0) is 6.54 Å². The van der Waals surface area contributed by atoms with Crippen LogP contribution in [0.2, 0.25) is 5.02 Å². The summed E-state index contributed by atoms with van der Waals surface area (Å²) in [5, 5.41) is 5.31. The zero-order chi connectivity index (χ0) is 12.4. The van der Waals surface area contributed by atoms with Crippen molar-refractivity contribution in [3.8, 4) is 0 Å². The van der Waals surface area contributed by atoms with Crippen molar-refractivity contribution < 1.29 is 0 Å². The molecule has 0 aliphatic carbocycles. The highest BCUT2D eigenvalue weighted by atomic mass is 35.5. The number of halogens is 1. The van der Waals surface area contributed by atoms with Gasteiger partial charge >= 0.3 is 0 Å². The van der Waals surface area contributed by atoms with Crippen LogP contribution in [0.4, 0.5) is 0 Å². The third kappa shape index (κ3) is 2.89. The molecule has 0 aliphatic rings. The van der Waals surface area contributed by atoms with Crippen LogP contribution in [0.25, 0.3) is 0 Å². The summed E-state index contributed by atoms with van der Waals surface area (Å²) in [6, 6.07) is 10.1. The van der Waals surface area contributed by atoms with Gasteiger partial charge in [-0.05, 0) is 36.6 Å². The lowest BCUT2D eigenvalue weighted by atomic mass is 10.1. The summed E-state index contributed by atoms with van der Waals surface area (Å²) in [6.45, 7) is 7.21. The Kier molecular flexibility index (Phi) is 3.53. The summed E-state index contributed by atoms with van der Waals surface area (Å²) in [5.74, 6) is 0.489. The average molecular weight is 249 g/mol. The molecule has 3 heteroatoms. The predicted octanol–water partition coefficient (Wildman–Crippen LogP) is 4.02. The van der Waals surface area contributed by atoms with Crippen molar-refractivity contribution >= 4 is 11.6 Å². The highest BCUT2D eigenvalue weighted by molar-refractivity contribution is 6.30. The van der Waals surface area contributed by atoms with Gasteiger partial charge in [0.15, 0.2) is 0 Å². The van der Waals surface area contributed by atoms with Crippen LogP contribution in [0.15, 0.2) is 30.3 Å². The summed E-state index contributed by atoms with van der Waals surface area (Å²) in [5.41, 5.74) is 3.57. The molecule has 1 aromatic heterocycles. The second-order valence-electron chi connectivity index (χ2n) is 4.65. The minimum Gasteiger partial charge on any atom is -0.265 e. The molecule has 0 amide bonds. The van der Waals surface area contributed by atoms with Crippen molar-refractivity contribution in [2.24, 2.45) is 0 Å². The first-order valence-electron chi connectivity index (χ1n) is 5.85. The standard InChI is InChI=1S/C14H17ClN2/c1-10(2)14-8-11(3)16-17(14)9-12-4-6-13(15)7-5-12/h4-8,10H,9H2,1-3H3. The second kappa shape index (κ2) is 4.92. The minimum absolute atomic E-state index is 0.489. The van der Waals surface area contributed by atoms with Gasteiger partial charge in [0.25, 0.3) is 0 Å². The Labute approximate surface area is 107 Å². The van der Waals surface area contributed by atoms with Crippen molar-refractivity contribution in [2.75, 3.05) is 0 Å². The number of aromatic nitrogens is 2. The quantitative estimate of drug-likeness (QED) is 0.802. The fourth-order valence-corrected chi connectivity index (χ4v) is 2.05. The van der Waals surface area contributed by atoms with E-state index in [0.717, 1.165) is 17.3 Å². The number of hydrogen-bond acceptors (Lipinski definition) is 1. The van der Waals surface area contributed by atoms with E-state index in [1.807, 2.05) is 31.2 Å². The zero-order valence-electron chi connectivity index (χ0n) is 10.4. The van der Waals surface area contributed by atoms with E-state index < -0.39 is 0 Å². The van der Waals surface area contributed by atoms with Gasteiger partial charge in [-0.25, -0.2) is 0 Å². The maximum Gasteiger partial charge on any atom is 0.0662 e. The highest BCUT2D eigenvalue weighted by Gasteiger charge is 2.09. The molecule has 2 rings (SSSR count). The summed E-state index contributed by atoms with van der Waals surface area (Å²) in [7, 11) is 0. The number of hydrogen-bond donors (Lipinski definition) is 0.